The Bertz CT molecular complexity index is 305. The number of carbonyl (C=O) groups is 1. The summed E-state index contributed by atoms with van der Waals surface area (Å²) < 4.78 is 0. The molecular formula is C17H33ClN2O. The summed E-state index contributed by atoms with van der Waals surface area (Å²) in [4.78, 5) is 14.8. The van der Waals surface area contributed by atoms with E-state index in [0.29, 0.717) is 5.91 Å². The predicted octanol–water partition coefficient (Wildman–Crippen LogP) is 3.74. The van der Waals surface area contributed by atoms with Gasteiger partial charge in [0, 0.05) is 25.0 Å². The minimum atomic E-state index is 0. The number of nitrogens with zero attached hydrogens (tertiary/aromatic N) is 1. The highest BCUT2D eigenvalue weighted by atomic mass is 35.5. The van der Waals surface area contributed by atoms with Gasteiger partial charge in [-0.2, -0.15) is 0 Å². The van der Waals surface area contributed by atoms with Gasteiger partial charge in [0.2, 0.25) is 5.91 Å². The molecule has 0 aromatic heterocycles. The Morgan fingerprint density at radius 1 is 1.19 bits per heavy atom. The molecule has 21 heavy (non-hydrogen) atoms. The molecule has 1 heterocycles. The first-order valence-corrected chi connectivity index (χ1v) is 8.75. The van der Waals surface area contributed by atoms with E-state index in [0.717, 1.165) is 51.1 Å². The van der Waals surface area contributed by atoms with E-state index >= 15 is 0 Å². The first-order chi connectivity index (χ1) is 9.70. The molecule has 0 bridgehead atoms. The largest absolute Gasteiger partial charge is 0.341 e. The summed E-state index contributed by atoms with van der Waals surface area (Å²) in [6.45, 7) is 3.91. The van der Waals surface area contributed by atoms with Crippen LogP contribution in [-0.4, -0.2) is 29.9 Å². The Labute approximate surface area is 136 Å². The van der Waals surface area contributed by atoms with E-state index < -0.39 is 0 Å². The maximum absolute atomic E-state index is 12.8. The summed E-state index contributed by atoms with van der Waals surface area (Å²) in [5.41, 5.74) is 6.03. The van der Waals surface area contributed by atoms with Crippen molar-refractivity contribution in [2.24, 2.45) is 17.6 Å². The van der Waals surface area contributed by atoms with Crippen LogP contribution in [0.25, 0.3) is 0 Å². The molecule has 0 spiro atoms. The van der Waals surface area contributed by atoms with E-state index in [1.54, 1.807) is 0 Å². The third-order valence-electron chi connectivity index (χ3n) is 5.10. The van der Waals surface area contributed by atoms with Crippen molar-refractivity contribution in [3.05, 3.63) is 0 Å². The van der Waals surface area contributed by atoms with Gasteiger partial charge in [-0.3, -0.25) is 4.79 Å². The minimum absolute atomic E-state index is 0. The minimum Gasteiger partial charge on any atom is -0.341 e. The second kappa shape index (κ2) is 9.68. The molecule has 1 amide bonds. The highest BCUT2D eigenvalue weighted by Crippen LogP contribution is 2.31. The lowest BCUT2D eigenvalue weighted by atomic mass is 9.81. The summed E-state index contributed by atoms with van der Waals surface area (Å²) in [5.74, 6) is 1.45. The summed E-state index contributed by atoms with van der Waals surface area (Å²) in [5, 5.41) is 0. The molecule has 4 heteroatoms. The SMILES string of the molecule is CCCC(CC1CCCCC1)C(=O)N1CCCC(N)C1.Cl. The number of amides is 1. The van der Waals surface area contributed by atoms with Gasteiger partial charge in [0.25, 0.3) is 0 Å². The lowest BCUT2D eigenvalue weighted by molar-refractivity contribution is -0.137. The van der Waals surface area contributed by atoms with E-state index in [1.807, 2.05) is 0 Å². The molecule has 1 saturated heterocycles. The van der Waals surface area contributed by atoms with Crippen molar-refractivity contribution < 1.29 is 4.79 Å². The Hall–Kier alpha value is -0.280. The zero-order valence-corrected chi connectivity index (χ0v) is 14.4. The van der Waals surface area contributed by atoms with Crippen LogP contribution < -0.4 is 5.73 Å². The van der Waals surface area contributed by atoms with Gasteiger partial charge in [-0.25, -0.2) is 0 Å². The van der Waals surface area contributed by atoms with Crippen molar-refractivity contribution in [2.75, 3.05) is 13.1 Å². The normalized spacial score (nSPS) is 25.2. The van der Waals surface area contributed by atoms with Crippen LogP contribution in [0.5, 0.6) is 0 Å². The quantitative estimate of drug-likeness (QED) is 0.839. The summed E-state index contributed by atoms with van der Waals surface area (Å²) in [6.07, 6.45) is 12.3. The number of hydrogen-bond acceptors (Lipinski definition) is 2. The Kier molecular flexibility index (Phi) is 8.65. The standard InChI is InChI=1S/C17H32N2O.ClH/c1-2-7-15(12-14-8-4-3-5-9-14)17(20)19-11-6-10-16(18)13-19;/h14-16H,2-13,18H2,1H3;1H. The second-order valence-corrected chi connectivity index (χ2v) is 6.91. The van der Waals surface area contributed by atoms with Crippen LogP contribution in [0.1, 0.15) is 71.1 Å². The molecular weight excluding hydrogens is 284 g/mol. The predicted molar refractivity (Wildman–Crippen MR) is 90.6 cm³/mol. The number of rotatable bonds is 5. The summed E-state index contributed by atoms with van der Waals surface area (Å²) >= 11 is 0. The molecule has 2 unspecified atom stereocenters. The molecule has 2 atom stereocenters. The first kappa shape index (κ1) is 18.8. The van der Waals surface area contributed by atoms with Gasteiger partial charge in [-0.15, -0.1) is 12.4 Å². The number of piperidine rings is 1. The molecule has 2 N–H and O–H groups in total. The molecule has 1 aliphatic carbocycles. The Morgan fingerprint density at radius 3 is 2.52 bits per heavy atom. The molecule has 1 saturated carbocycles. The van der Waals surface area contributed by atoms with Crippen LogP contribution in [0, 0.1) is 11.8 Å². The van der Waals surface area contributed by atoms with Crippen molar-refractivity contribution in [3.8, 4) is 0 Å². The maximum atomic E-state index is 12.8. The Morgan fingerprint density at radius 2 is 1.90 bits per heavy atom. The van der Waals surface area contributed by atoms with E-state index in [4.69, 9.17) is 5.73 Å². The summed E-state index contributed by atoms with van der Waals surface area (Å²) in [7, 11) is 0. The van der Waals surface area contributed by atoms with E-state index in [9.17, 15) is 4.79 Å². The monoisotopic (exact) mass is 316 g/mol. The molecule has 0 aromatic carbocycles. The Balaban J connectivity index is 0.00000220. The van der Waals surface area contributed by atoms with Crippen molar-refractivity contribution in [2.45, 2.75) is 77.2 Å². The van der Waals surface area contributed by atoms with Gasteiger partial charge in [0.15, 0.2) is 0 Å². The first-order valence-electron chi connectivity index (χ1n) is 8.75. The van der Waals surface area contributed by atoms with E-state index in [1.165, 1.54) is 32.1 Å². The average molecular weight is 317 g/mol. The van der Waals surface area contributed by atoms with Gasteiger partial charge in [-0.1, -0.05) is 45.4 Å². The fourth-order valence-electron chi connectivity index (χ4n) is 3.98. The van der Waals surface area contributed by atoms with E-state index in [2.05, 4.69) is 11.8 Å². The molecule has 0 radical (unpaired) electrons. The fraction of sp³-hybridized carbons (Fsp3) is 0.941. The maximum Gasteiger partial charge on any atom is 0.225 e. The van der Waals surface area contributed by atoms with Gasteiger partial charge >= 0.3 is 0 Å². The zero-order chi connectivity index (χ0) is 14.4. The van der Waals surface area contributed by atoms with Crippen molar-refractivity contribution in [1.82, 2.24) is 4.90 Å². The molecule has 124 valence electrons. The van der Waals surface area contributed by atoms with Crippen LogP contribution in [0.4, 0.5) is 0 Å². The summed E-state index contributed by atoms with van der Waals surface area (Å²) in [6, 6.07) is 0.199. The second-order valence-electron chi connectivity index (χ2n) is 6.91. The fourth-order valence-corrected chi connectivity index (χ4v) is 3.98. The molecule has 2 rings (SSSR count). The third-order valence-corrected chi connectivity index (χ3v) is 5.10. The molecule has 3 nitrogen and oxygen atoms in total. The van der Waals surface area contributed by atoms with Crippen molar-refractivity contribution in [1.29, 1.82) is 0 Å². The van der Waals surface area contributed by atoms with Crippen LogP contribution in [0.15, 0.2) is 0 Å². The number of halogens is 1. The van der Waals surface area contributed by atoms with Crippen LogP contribution in [0.2, 0.25) is 0 Å². The number of carbonyl (C=O) groups excluding carboxylic acids is 1. The van der Waals surface area contributed by atoms with Crippen LogP contribution in [-0.2, 0) is 4.79 Å². The highest BCUT2D eigenvalue weighted by molar-refractivity contribution is 5.85. The lowest BCUT2D eigenvalue weighted by Crippen LogP contribution is -2.48. The van der Waals surface area contributed by atoms with Gasteiger partial charge < -0.3 is 10.6 Å². The average Bonchev–Trinajstić information content (AvgIpc) is 2.47. The number of nitrogens with two attached hydrogens (primary N) is 1. The van der Waals surface area contributed by atoms with Gasteiger partial charge in [0.05, 0.1) is 0 Å². The lowest BCUT2D eigenvalue weighted by Gasteiger charge is -2.35. The van der Waals surface area contributed by atoms with Crippen LogP contribution >= 0.6 is 12.4 Å². The zero-order valence-electron chi connectivity index (χ0n) is 13.6. The van der Waals surface area contributed by atoms with E-state index in [-0.39, 0.29) is 24.4 Å². The molecule has 0 aromatic rings. The highest BCUT2D eigenvalue weighted by Gasteiger charge is 2.29. The third kappa shape index (κ3) is 5.78. The number of hydrogen-bond donors (Lipinski definition) is 1. The number of likely N-dealkylation sites (tertiary alicyclic amines) is 1. The molecule has 2 aliphatic rings. The van der Waals surface area contributed by atoms with Crippen LogP contribution in [0.3, 0.4) is 0 Å². The van der Waals surface area contributed by atoms with Crippen molar-refractivity contribution in [3.63, 3.8) is 0 Å². The molecule has 1 aliphatic heterocycles. The van der Waals surface area contributed by atoms with Crippen molar-refractivity contribution >= 4 is 18.3 Å². The van der Waals surface area contributed by atoms with Gasteiger partial charge in [0.1, 0.15) is 0 Å². The smallest absolute Gasteiger partial charge is 0.225 e. The van der Waals surface area contributed by atoms with Gasteiger partial charge in [-0.05, 0) is 31.6 Å². The topological polar surface area (TPSA) is 46.3 Å². The molecule has 2 fully saturated rings.